The minimum absolute atomic E-state index is 0.0217. The Hall–Kier alpha value is -2.69. The molecule has 0 atom stereocenters. The quantitative estimate of drug-likeness (QED) is 0.588. The molecule has 24 heavy (non-hydrogen) atoms. The summed E-state index contributed by atoms with van der Waals surface area (Å²) >= 11 is 0. The molecule has 2 aromatic carbocycles. The summed E-state index contributed by atoms with van der Waals surface area (Å²) < 4.78 is 22.1. The van der Waals surface area contributed by atoms with E-state index in [2.05, 4.69) is 4.99 Å². The van der Waals surface area contributed by atoms with Crippen molar-refractivity contribution in [3.8, 4) is 17.2 Å². The zero-order valence-corrected chi connectivity index (χ0v) is 14.7. The van der Waals surface area contributed by atoms with E-state index in [0.29, 0.717) is 23.1 Å². The van der Waals surface area contributed by atoms with Crippen LogP contribution in [0.5, 0.6) is 17.2 Å². The Morgan fingerprint density at radius 1 is 0.875 bits per heavy atom. The maximum absolute atomic E-state index is 5.91. The predicted octanol–water partition coefficient (Wildman–Crippen LogP) is 4.22. The first kappa shape index (κ1) is 17.7. The molecule has 2 aromatic rings. The lowest BCUT2D eigenvalue weighted by atomic mass is 10.1. The standard InChI is InChI=1S/C19H23NO4/c1-13(2)24-19(20-15-9-7-6-8-10-15)14-11-16(21-3)18(23-5)17(12-14)22-4/h6-13H,1-5H3/b20-19-. The van der Waals surface area contributed by atoms with Gasteiger partial charge in [0, 0.05) is 5.56 Å². The van der Waals surface area contributed by atoms with Gasteiger partial charge in [0.15, 0.2) is 11.5 Å². The van der Waals surface area contributed by atoms with Gasteiger partial charge in [-0.05, 0) is 38.1 Å². The van der Waals surface area contributed by atoms with Crippen LogP contribution in [0.15, 0.2) is 47.5 Å². The Morgan fingerprint density at radius 3 is 1.92 bits per heavy atom. The van der Waals surface area contributed by atoms with E-state index in [1.54, 1.807) is 21.3 Å². The number of methoxy groups -OCH3 is 3. The zero-order chi connectivity index (χ0) is 17.5. The van der Waals surface area contributed by atoms with Gasteiger partial charge in [-0.3, -0.25) is 0 Å². The monoisotopic (exact) mass is 329 g/mol. The molecule has 5 heteroatoms. The van der Waals surface area contributed by atoms with Crippen LogP contribution < -0.4 is 14.2 Å². The summed E-state index contributed by atoms with van der Waals surface area (Å²) in [4.78, 5) is 4.62. The number of hydrogen-bond acceptors (Lipinski definition) is 5. The molecule has 0 spiro atoms. The van der Waals surface area contributed by atoms with Gasteiger partial charge in [-0.15, -0.1) is 0 Å². The fourth-order valence-corrected chi connectivity index (χ4v) is 2.21. The third-order valence-corrected chi connectivity index (χ3v) is 3.25. The summed E-state index contributed by atoms with van der Waals surface area (Å²) in [6.45, 7) is 3.91. The van der Waals surface area contributed by atoms with E-state index in [1.165, 1.54) is 0 Å². The molecule has 0 aliphatic rings. The van der Waals surface area contributed by atoms with Crippen molar-refractivity contribution >= 4 is 11.6 Å². The summed E-state index contributed by atoms with van der Waals surface area (Å²) in [5.41, 5.74) is 1.56. The molecule has 0 aliphatic heterocycles. The molecule has 2 rings (SSSR count). The molecule has 0 N–H and O–H groups in total. The third-order valence-electron chi connectivity index (χ3n) is 3.25. The normalized spacial score (nSPS) is 11.3. The van der Waals surface area contributed by atoms with E-state index in [-0.39, 0.29) is 6.10 Å². The summed E-state index contributed by atoms with van der Waals surface area (Å²) in [5, 5.41) is 0. The first-order chi connectivity index (χ1) is 11.6. The first-order valence-corrected chi connectivity index (χ1v) is 7.69. The molecule has 0 unspecified atom stereocenters. The van der Waals surface area contributed by atoms with Gasteiger partial charge < -0.3 is 18.9 Å². The molecule has 0 aromatic heterocycles. The molecule has 0 radical (unpaired) electrons. The van der Waals surface area contributed by atoms with Crippen LogP contribution in [-0.4, -0.2) is 33.3 Å². The van der Waals surface area contributed by atoms with E-state index in [1.807, 2.05) is 56.3 Å². The predicted molar refractivity (Wildman–Crippen MR) is 95.0 cm³/mol. The lowest BCUT2D eigenvalue weighted by molar-refractivity contribution is 0.229. The number of para-hydroxylation sites is 1. The van der Waals surface area contributed by atoms with Gasteiger partial charge in [0.1, 0.15) is 0 Å². The summed E-state index contributed by atoms with van der Waals surface area (Å²) in [7, 11) is 4.74. The third kappa shape index (κ3) is 4.19. The zero-order valence-electron chi connectivity index (χ0n) is 14.7. The van der Waals surface area contributed by atoms with Crippen molar-refractivity contribution in [3.63, 3.8) is 0 Å². The topological polar surface area (TPSA) is 49.3 Å². The van der Waals surface area contributed by atoms with Crippen molar-refractivity contribution < 1.29 is 18.9 Å². The Kier molecular flexibility index (Phi) is 6.07. The number of aliphatic imine (C=N–C) groups is 1. The maximum Gasteiger partial charge on any atom is 0.221 e. The highest BCUT2D eigenvalue weighted by molar-refractivity contribution is 5.97. The molecule has 0 saturated heterocycles. The van der Waals surface area contributed by atoms with Crippen LogP contribution in [-0.2, 0) is 4.74 Å². The maximum atomic E-state index is 5.91. The molecular weight excluding hydrogens is 306 g/mol. The second-order valence-corrected chi connectivity index (χ2v) is 5.33. The van der Waals surface area contributed by atoms with Crippen LogP contribution in [0, 0.1) is 0 Å². The van der Waals surface area contributed by atoms with Gasteiger partial charge in [-0.2, -0.15) is 0 Å². The average Bonchev–Trinajstić information content (AvgIpc) is 2.60. The highest BCUT2D eigenvalue weighted by Gasteiger charge is 2.17. The second-order valence-electron chi connectivity index (χ2n) is 5.33. The lowest BCUT2D eigenvalue weighted by Gasteiger charge is -2.17. The SMILES string of the molecule is COc1cc(/C(=N/c2ccccc2)OC(C)C)cc(OC)c1OC. The van der Waals surface area contributed by atoms with E-state index < -0.39 is 0 Å². The van der Waals surface area contributed by atoms with Crippen molar-refractivity contribution in [1.29, 1.82) is 0 Å². The Bertz CT molecular complexity index is 671. The minimum Gasteiger partial charge on any atom is -0.493 e. The summed E-state index contributed by atoms with van der Waals surface area (Å²) in [6.07, 6.45) is -0.0217. The second kappa shape index (κ2) is 8.24. The minimum atomic E-state index is -0.0217. The van der Waals surface area contributed by atoms with Crippen molar-refractivity contribution in [1.82, 2.24) is 0 Å². The van der Waals surface area contributed by atoms with E-state index in [9.17, 15) is 0 Å². The van der Waals surface area contributed by atoms with Crippen LogP contribution in [0.3, 0.4) is 0 Å². The largest absolute Gasteiger partial charge is 0.493 e. The Morgan fingerprint density at radius 2 is 1.46 bits per heavy atom. The van der Waals surface area contributed by atoms with Crippen LogP contribution >= 0.6 is 0 Å². The van der Waals surface area contributed by atoms with Gasteiger partial charge in [0.05, 0.1) is 33.1 Å². The van der Waals surface area contributed by atoms with E-state index in [0.717, 1.165) is 11.3 Å². The fraction of sp³-hybridized carbons (Fsp3) is 0.316. The van der Waals surface area contributed by atoms with Gasteiger partial charge in [0.25, 0.3) is 0 Å². The molecule has 0 amide bonds. The van der Waals surface area contributed by atoms with Gasteiger partial charge in [0.2, 0.25) is 11.6 Å². The van der Waals surface area contributed by atoms with Gasteiger partial charge in [-0.1, -0.05) is 18.2 Å². The molecule has 128 valence electrons. The molecule has 5 nitrogen and oxygen atoms in total. The van der Waals surface area contributed by atoms with Crippen molar-refractivity contribution in [2.75, 3.05) is 21.3 Å². The highest BCUT2D eigenvalue weighted by atomic mass is 16.5. The number of benzene rings is 2. The molecular formula is C19H23NO4. The average molecular weight is 329 g/mol. The van der Waals surface area contributed by atoms with Crippen LogP contribution in [0.25, 0.3) is 0 Å². The molecule has 0 heterocycles. The van der Waals surface area contributed by atoms with E-state index >= 15 is 0 Å². The lowest BCUT2D eigenvalue weighted by Crippen LogP contribution is -2.13. The number of rotatable bonds is 6. The number of hydrogen-bond donors (Lipinski definition) is 0. The van der Waals surface area contributed by atoms with Crippen LogP contribution in [0.4, 0.5) is 5.69 Å². The summed E-state index contributed by atoms with van der Waals surface area (Å²) in [6, 6.07) is 13.3. The van der Waals surface area contributed by atoms with Crippen molar-refractivity contribution in [2.45, 2.75) is 20.0 Å². The fourth-order valence-electron chi connectivity index (χ4n) is 2.21. The molecule has 0 aliphatic carbocycles. The van der Waals surface area contributed by atoms with Crippen LogP contribution in [0.2, 0.25) is 0 Å². The van der Waals surface area contributed by atoms with E-state index in [4.69, 9.17) is 18.9 Å². The summed E-state index contributed by atoms with van der Waals surface area (Å²) in [5.74, 6) is 2.14. The molecule has 0 fully saturated rings. The van der Waals surface area contributed by atoms with Crippen molar-refractivity contribution in [3.05, 3.63) is 48.0 Å². The van der Waals surface area contributed by atoms with Gasteiger partial charge >= 0.3 is 0 Å². The smallest absolute Gasteiger partial charge is 0.221 e. The first-order valence-electron chi connectivity index (χ1n) is 7.69. The number of ether oxygens (including phenoxy) is 4. The molecule has 0 bridgehead atoms. The van der Waals surface area contributed by atoms with Crippen LogP contribution in [0.1, 0.15) is 19.4 Å². The van der Waals surface area contributed by atoms with Gasteiger partial charge in [-0.25, -0.2) is 4.99 Å². The Balaban J connectivity index is 2.56. The highest BCUT2D eigenvalue weighted by Crippen LogP contribution is 2.38. The molecule has 0 saturated carbocycles. The van der Waals surface area contributed by atoms with Crippen molar-refractivity contribution in [2.24, 2.45) is 4.99 Å². The Labute approximate surface area is 142 Å². The number of nitrogens with zero attached hydrogens (tertiary/aromatic N) is 1.